The van der Waals surface area contributed by atoms with Crippen LogP contribution in [0.25, 0.3) is 0 Å². The molecule has 0 aliphatic rings. The fourth-order valence-corrected chi connectivity index (χ4v) is 1.74. The molecule has 0 aliphatic carbocycles. The molecule has 1 N–H and O–H groups in total. The highest BCUT2D eigenvalue weighted by Gasteiger charge is 2.27. The van der Waals surface area contributed by atoms with E-state index in [4.69, 9.17) is 5.11 Å². The SMILES string of the molecule is Cc1ccc(CN(CCO)CCOCC(F)(F)F)cc1. The molecule has 0 radical (unpaired) electrons. The van der Waals surface area contributed by atoms with Crippen molar-refractivity contribution in [2.45, 2.75) is 19.6 Å². The second-order valence-corrected chi connectivity index (χ2v) is 4.65. The maximum atomic E-state index is 11.9. The highest BCUT2D eigenvalue weighted by Crippen LogP contribution is 2.14. The summed E-state index contributed by atoms with van der Waals surface area (Å²) < 4.78 is 40.4. The Morgan fingerprint density at radius 1 is 1.15 bits per heavy atom. The van der Waals surface area contributed by atoms with E-state index in [0.717, 1.165) is 11.1 Å². The Balaban J connectivity index is 2.38. The molecule has 0 spiro atoms. The predicted molar refractivity (Wildman–Crippen MR) is 70.4 cm³/mol. The number of benzene rings is 1. The van der Waals surface area contributed by atoms with Gasteiger partial charge >= 0.3 is 6.18 Å². The molecule has 3 nitrogen and oxygen atoms in total. The van der Waals surface area contributed by atoms with E-state index in [1.54, 1.807) is 0 Å². The van der Waals surface area contributed by atoms with Crippen molar-refractivity contribution in [3.63, 3.8) is 0 Å². The number of rotatable bonds is 8. The molecule has 114 valence electrons. The first-order chi connectivity index (χ1) is 9.40. The smallest absolute Gasteiger partial charge is 0.395 e. The van der Waals surface area contributed by atoms with Crippen LogP contribution in [0.5, 0.6) is 0 Å². The van der Waals surface area contributed by atoms with Crippen LogP contribution >= 0.6 is 0 Å². The number of hydrogen-bond donors (Lipinski definition) is 1. The third kappa shape index (κ3) is 7.47. The van der Waals surface area contributed by atoms with Crippen molar-refractivity contribution in [2.75, 3.05) is 32.9 Å². The van der Waals surface area contributed by atoms with Gasteiger partial charge in [-0.3, -0.25) is 4.90 Å². The van der Waals surface area contributed by atoms with Crippen LogP contribution in [0.1, 0.15) is 11.1 Å². The Kier molecular flexibility index (Phi) is 6.98. The highest BCUT2D eigenvalue weighted by molar-refractivity contribution is 5.21. The minimum absolute atomic E-state index is 0.00856. The van der Waals surface area contributed by atoms with Gasteiger partial charge in [-0.25, -0.2) is 0 Å². The number of aliphatic hydroxyl groups is 1. The van der Waals surface area contributed by atoms with Crippen LogP contribution in [0.15, 0.2) is 24.3 Å². The molecule has 0 amide bonds. The number of hydrogen-bond acceptors (Lipinski definition) is 3. The van der Waals surface area contributed by atoms with E-state index in [2.05, 4.69) is 4.74 Å². The molecular formula is C14H20F3NO2. The lowest BCUT2D eigenvalue weighted by Crippen LogP contribution is -2.31. The number of aliphatic hydroxyl groups excluding tert-OH is 1. The van der Waals surface area contributed by atoms with Gasteiger partial charge in [0.2, 0.25) is 0 Å². The van der Waals surface area contributed by atoms with Gasteiger partial charge in [0.05, 0.1) is 13.2 Å². The van der Waals surface area contributed by atoms with E-state index in [-0.39, 0.29) is 13.2 Å². The van der Waals surface area contributed by atoms with Crippen LogP contribution in [0.3, 0.4) is 0 Å². The van der Waals surface area contributed by atoms with Crippen LogP contribution in [-0.4, -0.2) is 49.1 Å². The number of nitrogens with zero attached hydrogens (tertiary/aromatic N) is 1. The lowest BCUT2D eigenvalue weighted by atomic mass is 10.1. The zero-order valence-corrected chi connectivity index (χ0v) is 11.5. The molecule has 0 fully saturated rings. The maximum absolute atomic E-state index is 11.9. The lowest BCUT2D eigenvalue weighted by Gasteiger charge is -2.21. The van der Waals surface area contributed by atoms with Gasteiger partial charge in [-0.2, -0.15) is 13.2 Å². The topological polar surface area (TPSA) is 32.7 Å². The molecule has 1 aromatic carbocycles. The molecule has 0 atom stereocenters. The van der Waals surface area contributed by atoms with Crippen LogP contribution in [0.4, 0.5) is 13.2 Å². The molecular weight excluding hydrogens is 271 g/mol. The molecule has 0 aromatic heterocycles. The molecule has 1 aromatic rings. The zero-order chi connectivity index (χ0) is 15.0. The molecule has 1 rings (SSSR count). The van der Waals surface area contributed by atoms with E-state index in [1.165, 1.54) is 0 Å². The Morgan fingerprint density at radius 2 is 1.80 bits per heavy atom. The number of alkyl halides is 3. The van der Waals surface area contributed by atoms with Crippen molar-refractivity contribution in [1.82, 2.24) is 4.90 Å². The fourth-order valence-electron chi connectivity index (χ4n) is 1.74. The number of aryl methyl sites for hydroxylation is 1. The Labute approximate surface area is 117 Å². The third-order valence-corrected chi connectivity index (χ3v) is 2.76. The van der Waals surface area contributed by atoms with E-state index in [0.29, 0.717) is 19.6 Å². The molecule has 0 saturated heterocycles. The van der Waals surface area contributed by atoms with Gasteiger partial charge in [0.25, 0.3) is 0 Å². The van der Waals surface area contributed by atoms with Gasteiger partial charge in [0.15, 0.2) is 0 Å². The standard InChI is InChI=1S/C14H20F3NO2/c1-12-2-4-13(5-3-12)10-18(6-8-19)7-9-20-11-14(15,16)17/h2-5,19H,6-11H2,1H3. The third-order valence-electron chi connectivity index (χ3n) is 2.76. The Morgan fingerprint density at radius 3 is 2.35 bits per heavy atom. The van der Waals surface area contributed by atoms with Crippen LogP contribution in [-0.2, 0) is 11.3 Å². The molecule has 0 bridgehead atoms. The summed E-state index contributed by atoms with van der Waals surface area (Å²) in [5, 5.41) is 8.98. The molecule has 0 heterocycles. The Hall–Kier alpha value is -1.11. The monoisotopic (exact) mass is 291 g/mol. The van der Waals surface area contributed by atoms with E-state index < -0.39 is 12.8 Å². The van der Waals surface area contributed by atoms with Gasteiger partial charge in [-0.1, -0.05) is 29.8 Å². The van der Waals surface area contributed by atoms with Crippen molar-refractivity contribution in [3.8, 4) is 0 Å². The Bertz CT molecular complexity index is 379. The average Bonchev–Trinajstić information content (AvgIpc) is 2.36. The summed E-state index contributed by atoms with van der Waals surface area (Å²) in [5.74, 6) is 0. The molecule has 0 aliphatic heterocycles. The summed E-state index contributed by atoms with van der Waals surface area (Å²) in [4.78, 5) is 1.86. The highest BCUT2D eigenvalue weighted by atomic mass is 19.4. The van der Waals surface area contributed by atoms with Gasteiger partial charge in [-0.15, -0.1) is 0 Å². The fraction of sp³-hybridized carbons (Fsp3) is 0.571. The van der Waals surface area contributed by atoms with Gasteiger partial charge in [0.1, 0.15) is 6.61 Å². The van der Waals surface area contributed by atoms with Crippen LogP contribution in [0.2, 0.25) is 0 Å². The first kappa shape index (κ1) is 16.9. The molecule has 20 heavy (non-hydrogen) atoms. The summed E-state index contributed by atoms with van der Waals surface area (Å²) in [5.41, 5.74) is 2.20. The minimum Gasteiger partial charge on any atom is -0.395 e. The quantitative estimate of drug-likeness (QED) is 0.746. The van der Waals surface area contributed by atoms with E-state index in [1.807, 2.05) is 36.1 Å². The number of halogens is 3. The predicted octanol–water partition coefficient (Wildman–Crippen LogP) is 2.37. The summed E-state index contributed by atoms with van der Waals surface area (Å²) in [6, 6.07) is 7.89. The first-order valence-corrected chi connectivity index (χ1v) is 6.44. The first-order valence-electron chi connectivity index (χ1n) is 6.44. The molecule has 0 unspecified atom stereocenters. The largest absolute Gasteiger partial charge is 0.411 e. The van der Waals surface area contributed by atoms with Crippen molar-refractivity contribution >= 4 is 0 Å². The average molecular weight is 291 g/mol. The number of ether oxygens (including phenoxy) is 1. The van der Waals surface area contributed by atoms with Crippen molar-refractivity contribution in [1.29, 1.82) is 0 Å². The minimum atomic E-state index is -4.29. The zero-order valence-electron chi connectivity index (χ0n) is 11.5. The lowest BCUT2D eigenvalue weighted by molar-refractivity contribution is -0.174. The molecule has 6 heteroatoms. The second kappa shape index (κ2) is 8.24. The van der Waals surface area contributed by atoms with Crippen molar-refractivity contribution in [3.05, 3.63) is 35.4 Å². The summed E-state index contributed by atoms with van der Waals surface area (Å²) in [6.45, 7) is 2.05. The normalized spacial score (nSPS) is 12.1. The summed E-state index contributed by atoms with van der Waals surface area (Å²) in [6.07, 6.45) is -4.29. The van der Waals surface area contributed by atoms with Crippen LogP contribution in [0, 0.1) is 6.92 Å². The van der Waals surface area contributed by atoms with Crippen LogP contribution < -0.4 is 0 Å². The summed E-state index contributed by atoms with van der Waals surface area (Å²) >= 11 is 0. The van der Waals surface area contributed by atoms with E-state index >= 15 is 0 Å². The summed E-state index contributed by atoms with van der Waals surface area (Å²) in [7, 11) is 0. The van der Waals surface area contributed by atoms with Gasteiger partial charge in [-0.05, 0) is 12.5 Å². The maximum Gasteiger partial charge on any atom is 0.411 e. The van der Waals surface area contributed by atoms with Gasteiger partial charge in [0, 0.05) is 19.6 Å². The van der Waals surface area contributed by atoms with E-state index in [9.17, 15) is 13.2 Å². The second-order valence-electron chi connectivity index (χ2n) is 4.65. The van der Waals surface area contributed by atoms with Crippen molar-refractivity contribution in [2.24, 2.45) is 0 Å². The van der Waals surface area contributed by atoms with Gasteiger partial charge < -0.3 is 9.84 Å². The van der Waals surface area contributed by atoms with Crippen molar-refractivity contribution < 1.29 is 23.0 Å². The molecule has 0 saturated carbocycles.